The Morgan fingerprint density at radius 2 is 2.22 bits per heavy atom. The van der Waals surface area contributed by atoms with E-state index in [9.17, 15) is 4.79 Å². The Balaban J connectivity index is 1.49. The molecule has 2 aromatic rings. The van der Waals surface area contributed by atoms with Gasteiger partial charge >= 0.3 is 0 Å². The van der Waals surface area contributed by atoms with Gasteiger partial charge in [-0.1, -0.05) is 6.92 Å². The molecule has 0 N–H and O–H groups in total. The zero-order chi connectivity index (χ0) is 19.0. The molecule has 0 spiro atoms. The van der Waals surface area contributed by atoms with E-state index in [-0.39, 0.29) is 17.9 Å². The molecule has 0 aromatic carbocycles. The van der Waals surface area contributed by atoms with Crippen molar-refractivity contribution in [3.05, 3.63) is 41.2 Å². The summed E-state index contributed by atoms with van der Waals surface area (Å²) in [6.07, 6.45) is 6.80. The first-order valence-corrected chi connectivity index (χ1v) is 9.85. The molecule has 0 bridgehead atoms. The summed E-state index contributed by atoms with van der Waals surface area (Å²) in [5.41, 5.74) is 3.34. The lowest BCUT2D eigenvalue weighted by Gasteiger charge is -2.28. The minimum Gasteiger partial charge on any atom is -0.332 e. The molecule has 0 radical (unpaired) electrons. The third kappa shape index (κ3) is 3.74. The molecule has 2 aromatic heterocycles. The topological polar surface area (TPSA) is 67.2 Å². The highest BCUT2D eigenvalue weighted by atomic mass is 16.2. The molecule has 144 valence electrons. The van der Waals surface area contributed by atoms with Gasteiger partial charge in [0.05, 0.1) is 24.2 Å². The van der Waals surface area contributed by atoms with Crippen LogP contribution in [0.5, 0.6) is 0 Å². The number of likely N-dealkylation sites (N-methyl/N-ethyl adjacent to an activating group) is 1. The van der Waals surface area contributed by atoms with E-state index in [0.29, 0.717) is 6.54 Å². The Bertz CT molecular complexity index is 832. The molecule has 1 fully saturated rings. The summed E-state index contributed by atoms with van der Waals surface area (Å²) in [6.45, 7) is 7.27. The number of hydrogen-bond donors (Lipinski definition) is 0. The summed E-state index contributed by atoms with van der Waals surface area (Å²) in [5.74, 6) is 0.870. The number of aromatic nitrogens is 4. The highest BCUT2D eigenvalue weighted by Crippen LogP contribution is 2.32. The van der Waals surface area contributed by atoms with Crippen molar-refractivity contribution >= 4 is 5.91 Å². The van der Waals surface area contributed by atoms with Crippen LogP contribution in [0.3, 0.4) is 0 Å². The van der Waals surface area contributed by atoms with E-state index in [2.05, 4.69) is 22.0 Å². The molecule has 2 atom stereocenters. The number of carbonyl (C=O) groups is 1. The van der Waals surface area contributed by atoms with Crippen LogP contribution in [0.2, 0.25) is 0 Å². The van der Waals surface area contributed by atoms with Gasteiger partial charge in [0.1, 0.15) is 0 Å². The molecule has 1 saturated heterocycles. The molecule has 2 aliphatic rings. The molecule has 7 nitrogen and oxygen atoms in total. The fourth-order valence-corrected chi connectivity index (χ4v) is 4.14. The van der Waals surface area contributed by atoms with Crippen molar-refractivity contribution < 1.29 is 4.79 Å². The van der Waals surface area contributed by atoms with Gasteiger partial charge in [-0.3, -0.25) is 9.48 Å². The van der Waals surface area contributed by atoms with Crippen molar-refractivity contribution in [2.24, 2.45) is 5.92 Å². The number of amides is 1. The summed E-state index contributed by atoms with van der Waals surface area (Å²) in [7, 11) is 2.12. The van der Waals surface area contributed by atoms with Gasteiger partial charge in [0.25, 0.3) is 0 Å². The van der Waals surface area contributed by atoms with Gasteiger partial charge in [-0.2, -0.15) is 5.10 Å². The van der Waals surface area contributed by atoms with E-state index in [0.717, 1.165) is 56.1 Å². The van der Waals surface area contributed by atoms with Crippen molar-refractivity contribution in [1.82, 2.24) is 29.5 Å². The van der Waals surface area contributed by atoms with Crippen molar-refractivity contribution in [3.8, 4) is 0 Å². The third-order valence-electron chi connectivity index (χ3n) is 5.63. The number of rotatable bonds is 4. The monoisotopic (exact) mass is 368 g/mol. The Morgan fingerprint density at radius 3 is 3.00 bits per heavy atom. The van der Waals surface area contributed by atoms with Gasteiger partial charge in [-0.25, -0.2) is 9.97 Å². The standard InChI is InChI=1S/C20H28N6O/c1-14(12-25-10-6-15(2)23-25)20(27)26-8-4-5-18(26)19-21-11-16-13-24(3)9-7-17(16)22-19/h6,10-11,14,18H,4-5,7-9,12-13H2,1-3H3/t14-,18+/m1/s1. The lowest BCUT2D eigenvalue weighted by Crippen LogP contribution is -2.37. The molecule has 0 unspecified atom stereocenters. The first-order valence-electron chi connectivity index (χ1n) is 9.85. The normalized spacial score (nSPS) is 21.3. The van der Waals surface area contributed by atoms with Crippen LogP contribution in [0.25, 0.3) is 0 Å². The quantitative estimate of drug-likeness (QED) is 0.825. The lowest BCUT2D eigenvalue weighted by atomic mass is 10.1. The molecular formula is C20H28N6O. The maximum absolute atomic E-state index is 13.1. The molecule has 27 heavy (non-hydrogen) atoms. The number of nitrogens with zero attached hydrogens (tertiary/aromatic N) is 6. The largest absolute Gasteiger partial charge is 0.332 e. The molecule has 2 aliphatic heterocycles. The highest BCUT2D eigenvalue weighted by molar-refractivity contribution is 5.79. The van der Waals surface area contributed by atoms with Crippen LogP contribution in [0, 0.1) is 12.8 Å². The second-order valence-corrected chi connectivity index (χ2v) is 7.96. The average molecular weight is 368 g/mol. The van der Waals surface area contributed by atoms with E-state index < -0.39 is 0 Å². The molecule has 0 saturated carbocycles. The summed E-state index contributed by atoms with van der Waals surface area (Å²) in [6, 6.07) is 1.97. The van der Waals surface area contributed by atoms with Crippen molar-refractivity contribution in [3.63, 3.8) is 0 Å². The van der Waals surface area contributed by atoms with Crippen molar-refractivity contribution in [2.75, 3.05) is 20.1 Å². The van der Waals surface area contributed by atoms with Crippen LogP contribution in [-0.4, -0.2) is 55.6 Å². The van der Waals surface area contributed by atoms with E-state index in [1.165, 1.54) is 5.56 Å². The second kappa shape index (κ2) is 7.38. The molecule has 4 heterocycles. The van der Waals surface area contributed by atoms with Crippen LogP contribution in [-0.2, 0) is 24.3 Å². The lowest BCUT2D eigenvalue weighted by molar-refractivity contribution is -0.136. The van der Waals surface area contributed by atoms with Gasteiger partial charge in [0.2, 0.25) is 5.91 Å². The Morgan fingerprint density at radius 1 is 1.37 bits per heavy atom. The number of fused-ring (bicyclic) bond motifs is 1. The van der Waals surface area contributed by atoms with Crippen LogP contribution >= 0.6 is 0 Å². The molecule has 0 aliphatic carbocycles. The fourth-order valence-electron chi connectivity index (χ4n) is 4.14. The van der Waals surface area contributed by atoms with Crippen LogP contribution in [0.15, 0.2) is 18.5 Å². The maximum atomic E-state index is 13.1. The highest BCUT2D eigenvalue weighted by Gasteiger charge is 2.34. The van der Waals surface area contributed by atoms with Gasteiger partial charge < -0.3 is 9.80 Å². The van der Waals surface area contributed by atoms with Crippen LogP contribution in [0.4, 0.5) is 0 Å². The van der Waals surface area contributed by atoms with Gasteiger partial charge in [-0.05, 0) is 32.9 Å². The summed E-state index contributed by atoms with van der Waals surface area (Å²) < 4.78 is 1.86. The zero-order valence-electron chi connectivity index (χ0n) is 16.4. The van der Waals surface area contributed by atoms with E-state index in [4.69, 9.17) is 4.98 Å². The van der Waals surface area contributed by atoms with Crippen molar-refractivity contribution in [2.45, 2.75) is 52.2 Å². The Hall–Kier alpha value is -2.28. The molecule has 7 heteroatoms. The van der Waals surface area contributed by atoms with Gasteiger partial charge in [0, 0.05) is 49.7 Å². The van der Waals surface area contributed by atoms with Gasteiger partial charge in [-0.15, -0.1) is 0 Å². The first kappa shape index (κ1) is 18.1. The fraction of sp³-hybridized carbons (Fsp3) is 0.600. The van der Waals surface area contributed by atoms with Crippen LogP contribution in [0.1, 0.15) is 48.6 Å². The SMILES string of the molecule is Cc1ccn(C[C@@H](C)C(=O)N2CCC[C@H]2c2ncc3c(n2)CCN(C)C3)n1. The van der Waals surface area contributed by atoms with E-state index in [1.54, 1.807) is 0 Å². The smallest absolute Gasteiger partial charge is 0.227 e. The molecule has 1 amide bonds. The predicted molar refractivity (Wildman–Crippen MR) is 102 cm³/mol. The summed E-state index contributed by atoms with van der Waals surface area (Å²) in [5, 5.41) is 4.41. The number of hydrogen-bond acceptors (Lipinski definition) is 5. The average Bonchev–Trinajstić information content (AvgIpc) is 3.29. The maximum Gasteiger partial charge on any atom is 0.227 e. The third-order valence-corrected chi connectivity index (χ3v) is 5.63. The number of aryl methyl sites for hydroxylation is 1. The molecular weight excluding hydrogens is 340 g/mol. The zero-order valence-corrected chi connectivity index (χ0v) is 16.4. The Labute approximate surface area is 160 Å². The van der Waals surface area contributed by atoms with Gasteiger partial charge in [0.15, 0.2) is 5.82 Å². The van der Waals surface area contributed by atoms with Crippen LogP contribution < -0.4 is 0 Å². The molecule has 4 rings (SSSR count). The minimum absolute atomic E-state index is 0.00395. The summed E-state index contributed by atoms with van der Waals surface area (Å²) in [4.78, 5) is 26.9. The number of likely N-dealkylation sites (tertiary alicyclic amines) is 1. The number of carbonyl (C=O) groups excluding carboxylic acids is 1. The summed E-state index contributed by atoms with van der Waals surface area (Å²) >= 11 is 0. The second-order valence-electron chi connectivity index (χ2n) is 7.96. The minimum atomic E-state index is -0.115. The first-order chi connectivity index (χ1) is 13.0. The van der Waals surface area contributed by atoms with E-state index >= 15 is 0 Å². The Kier molecular flexibility index (Phi) is 4.95. The van der Waals surface area contributed by atoms with Crippen molar-refractivity contribution in [1.29, 1.82) is 0 Å². The predicted octanol–water partition coefficient (Wildman–Crippen LogP) is 1.97. The van der Waals surface area contributed by atoms with E-state index in [1.807, 2.05) is 41.9 Å².